The highest BCUT2D eigenvalue weighted by Gasteiger charge is 2.23. The van der Waals surface area contributed by atoms with Crippen molar-refractivity contribution in [2.24, 2.45) is 5.73 Å². The number of nitrogens with zero attached hydrogens (tertiary/aromatic N) is 1. The average Bonchev–Trinajstić information content (AvgIpc) is 2.82. The Labute approximate surface area is 203 Å². The van der Waals surface area contributed by atoms with Crippen LogP contribution in [0.5, 0.6) is 17.2 Å². The Bertz CT molecular complexity index is 1240. The van der Waals surface area contributed by atoms with Crippen molar-refractivity contribution in [2.45, 2.75) is 39.0 Å². The fraction of sp³-hybridized carbons (Fsp3) is 0.222. The number of benzene rings is 3. The Morgan fingerprint density at radius 1 is 0.971 bits per heavy atom. The maximum absolute atomic E-state index is 12.2. The minimum absolute atomic E-state index is 0.00447. The van der Waals surface area contributed by atoms with Crippen LogP contribution in [-0.2, 0) is 16.1 Å². The van der Waals surface area contributed by atoms with Crippen LogP contribution in [0.2, 0.25) is 0 Å². The smallest absolute Gasteiger partial charge is 0.335 e. The van der Waals surface area contributed by atoms with E-state index in [4.69, 9.17) is 25.2 Å². The summed E-state index contributed by atoms with van der Waals surface area (Å²) in [5.74, 6) is -0.594. The van der Waals surface area contributed by atoms with Crippen molar-refractivity contribution in [3.8, 4) is 23.3 Å². The molecule has 0 aromatic heterocycles. The Kier molecular flexibility index (Phi) is 7.74. The number of nitriles is 1. The first kappa shape index (κ1) is 25.3. The first-order valence-corrected chi connectivity index (χ1v) is 10.8. The molecule has 3 aromatic carbocycles. The highest BCUT2D eigenvalue weighted by molar-refractivity contribution is 5.88. The second-order valence-corrected chi connectivity index (χ2v) is 8.78. The molecule has 0 spiro atoms. The second kappa shape index (κ2) is 10.7. The third-order valence-corrected chi connectivity index (χ3v) is 4.75. The van der Waals surface area contributed by atoms with Gasteiger partial charge >= 0.3 is 11.9 Å². The SMILES string of the molecule is CC(C)(C)OC(=O)C(N)c1ccc(COc2cc(Oc3ccc(C#N)cc3)cc(C(=O)O)c2)cc1. The van der Waals surface area contributed by atoms with Crippen molar-refractivity contribution in [3.63, 3.8) is 0 Å². The number of hydrogen-bond donors (Lipinski definition) is 2. The summed E-state index contributed by atoms with van der Waals surface area (Å²) in [6.07, 6.45) is 0. The summed E-state index contributed by atoms with van der Waals surface area (Å²) in [6, 6.07) is 18.9. The molecule has 0 radical (unpaired) electrons. The molecular formula is C27H26N2O6. The number of aromatic carboxylic acids is 1. The predicted octanol–water partition coefficient (Wildman–Crippen LogP) is 4.97. The number of hydrogen-bond acceptors (Lipinski definition) is 7. The van der Waals surface area contributed by atoms with Crippen LogP contribution >= 0.6 is 0 Å². The van der Waals surface area contributed by atoms with E-state index in [-0.39, 0.29) is 17.9 Å². The van der Waals surface area contributed by atoms with Crippen molar-refractivity contribution >= 4 is 11.9 Å². The highest BCUT2D eigenvalue weighted by atomic mass is 16.6. The molecule has 0 fully saturated rings. The number of carboxylic acid groups (broad SMARTS) is 1. The van der Waals surface area contributed by atoms with Gasteiger partial charge in [-0.3, -0.25) is 0 Å². The van der Waals surface area contributed by atoms with Crippen LogP contribution in [0.1, 0.15) is 53.9 Å². The van der Waals surface area contributed by atoms with Gasteiger partial charge in [0.1, 0.15) is 35.5 Å². The summed E-state index contributed by atoms with van der Waals surface area (Å²) >= 11 is 0. The van der Waals surface area contributed by atoms with Gasteiger partial charge in [-0.2, -0.15) is 5.26 Å². The molecule has 0 bridgehead atoms. The number of carbonyl (C=O) groups is 2. The molecular weight excluding hydrogens is 448 g/mol. The van der Waals surface area contributed by atoms with Gasteiger partial charge in [0.15, 0.2) is 0 Å². The highest BCUT2D eigenvalue weighted by Crippen LogP contribution is 2.28. The van der Waals surface area contributed by atoms with E-state index in [2.05, 4.69) is 0 Å². The van der Waals surface area contributed by atoms with E-state index < -0.39 is 23.6 Å². The molecule has 180 valence electrons. The largest absolute Gasteiger partial charge is 0.489 e. The van der Waals surface area contributed by atoms with Gasteiger partial charge < -0.3 is 25.1 Å². The average molecular weight is 475 g/mol. The molecule has 3 N–H and O–H groups in total. The molecule has 3 rings (SSSR count). The van der Waals surface area contributed by atoms with Gasteiger partial charge in [-0.25, -0.2) is 9.59 Å². The molecule has 0 saturated heterocycles. The lowest BCUT2D eigenvalue weighted by molar-refractivity contribution is -0.156. The summed E-state index contributed by atoms with van der Waals surface area (Å²) in [7, 11) is 0. The number of esters is 1. The van der Waals surface area contributed by atoms with Crippen molar-refractivity contribution < 1.29 is 28.9 Å². The zero-order valence-corrected chi connectivity index (χ0v) is 19.6. The van der Waals surface area contributed by atoms with Crippen LogP contribution in [-0.4, -0.2) is 22.6 Å². The minimum atomic E-state index is -1.12. The molecule has 0 aliphatic carbocycles. The summed E-state index contributed by atoms with van der Waals surface area (Å²) in [4.78, 5) is 23.8. The summed E-state index contributed by atoms with van der Waals surface area (Å²) in [5, 5.41) is 18.4. The number of rotatable bonds is 8. The third kappa shape index (κ3) is 7.32. The third-order valence-electron chi connectivity index (χ3n) is 4.75. The molecule has 0 aliphatic heterocycles. The van der Waals surface area contributed by atoms with E-state index in [0.29, 0.717) is 22.6 Å². The van der Waals surface area contributed by atoms with E-state index in [1.54, 1.807) is 75.4 Å². The molecule has 3 aromatic rings. The Balaban J connectivity index is 1.70. The van der Waals surface area contributed by atoms with E-state index in [1.807, 2.05) is 6.07 Å². The molecule has 0 saturated carbocycles. The van der Waals surface area contributed by atoms with Gasteiger partial charge in [-0.05, 0) is 68.3 Å². The van der Waals surface area contributed by atoms with Crippen molar-refractivity contribution in [1.29, 1.82) is 5.26 Å². The van der Waals surface area contributed by atoms with Gasteiger partial charge in [0.25, 0.3) is 0 Å². The van der Waals surface area contributed by atoms with Gasteiger partial charge in [0.2, 0.25) is 0 Å². The van der Waals surface area contributed by atoms with Crippen LogP contribution in [0, 0.1) is 11.3 Å². The van der Waals surface area contributed by atoms with Gasteiger partial charge in [0, 0.05) is 6.07 Å². The summed E-state index contributed by atoms with van der Waals surface area (Å²) < 4.78 is 16.9. The van der Waals surface area contributed by atoms with Crippen LogP contribution < -0.4 is 15.2 Å². The van der Waals surface area contributed by atoms with Crippen molar-refractivity contribution in [1.82, 2.24) is 0 Å². The first-order chi connectivity index (χ1) is 16.5. The summed E-state index contributed by atoms with van der Waals surface area (Å²) in [5.41, 5.74) is 7.27. The van der Waals surface area contributed by atoms with Crippen LogP contribution in [0.4, 0.5) is 0 Å². The monoisotopic (exact) mass is 474 g/mol. The van der Waals surface area contributed by atoms with E-state index >= 15 is 0 Å². The van der Waals surface area contributed by atoms with Crippen LogP contribution in [0.15, 0.2) is 66.7 Å². The maximum Gasteiger partial charge on any atom is 0.335 e. The first-order valence-electron chi connectivity index (χ1n) is 10.8. The second-order valence-electron chi connectivity index (χ2n) is 8.78. The Morgan fingerprint density at radius 2 is 1.60 bits per heavy atom. The van der Waals surface area contributed by atoms with Gasteiger partial charge in [-0.15, -0.1) is 0 Å². The fourth-order valence-corrected chi connectivity index (χ4v) is 3.06. The maximum atomic E-state index is 12.2. The molecule has 0 heterocycles. The molecule has 1 unspecified atom stereocenters. The zero-order chi connectivity index (χ0) is 25.6. The molecule has 35 heavy (non-hydrogen) atoms. The lowest BCUT2D eigenvalue weighted by atomic mass is 10.1. The predicted molar refractivity (Wildman–Crippen MR) is 128 cm³/mol. The van der Waals surface area contributed by atoms with E-state index in [1.165, 1.54) is 12.1 Å². The van der Waals surface area contributed by atoms with E-state index in [9.17, 15) is 14.7 Å². The molecule has 0 aliphatic rings. The van der Waals surface area contributed by atoms with Crippen molar-refractivity contribution in [3.05, 3.63) is 89.0 Å². The molecule has 1 atom stereocenters. The standard InChI is InChI=1S/C27H26N2O6/c1-27(2,3)35-26(32)24(29)19-8-4-18(5-9-19)16-33-22-12-20(25(30)31)13-23(14-22)34-21-10-6-17(15-28)7-11-21/h4-14,24H,16,29H2,1-3H3,(H,30,31). The van der Waals surface area contributed by atoms with Gasteiger partial charge in [0.05, 0.1) is 17.2 Å². The Hall–Kier alpha value is -4.35. The van der Waals surface area contributed by atoms with E-state index in [0.717, 1.165) is 5.56 Å². The number of ether oxygens (including phenoxy) is 3. The van der Waals surface area contributed by atoms with Crippen molar-refractivity contribution in [2.75, 3.05) is 0 Å². The quantitative estimate of drug-likeness (QED) is 0.437. The number of carbonyl (C=O) groups excluding carboxylic acids is 1. The van der Waals surface area contributed by atoms with Gasteiger partial charge in [-0.1, -0.05) is 24.3 Å². The molecule has 8 nitrogen and oxygen atoms in total. The Morgan fingerprint density at radius 3 is 2.17 bits per heavy atom. The number of nitrogens with two attached hydrogens (primary N) is 1. The van der Waals surface area contributed by atoms with Crippen LogP contribution in [0.25, 0.3) is 0 Å². The molecule has 8 heteroatoms. The number of carboxylic acids is 1. The lowest BCUT2D eigenvalue weighted by Crippen LogP contribution is -2.31. The lowest BCUT2D eigenvalue weighted by Gasteiger charge is -2.22. The van der Waals surface area contributed by atoms with Crippen LogP contribution in [0.3, 0.4) is 0 Å². The minimum Gasteiger partial charge on any atom is -0.489 e. The fourth-order valence-electron chi connectivity index (χ4n) is 3.06. The zero-order valence-electron chi connectivity index (χ0n) is 19.6. The summed E-state index contributed by atoms with van der Waals surface area (Å²) in [6.45, 7) is 5.48. The molecule has 0 amide bonds. The normalized spacial score (nSPS) is 11.7. The topological polar surface area (TPSA) is 132 Å².